The second kappa shape index (κ2) is 8.38. The summed E-state index contributed by atoms with van der Waals surface area (Å²) in [6, 6.07) is 12.0. The molecule has 0 unspecified atom stereocenters. The molecule has 1 aromatic heterocycles. The highest BCUT2D eigenvalue weighted by atomic mass is 32.1. The van der Waals surface area contributed by atoms with Gasteiger partial charge in [0.25, 0.3) is 0 Å². The molecule has 0 fully saturated rings. The Labute approximate surface area is 156 Å². The first kappa shape index (κ1) is 20.0. The first-order chi connectivity index (χ1) is 12.2. The van der Waals surface area contributed by atoms with Gasteiger partial charge < -0.3 is 10.8 Å². The zero-order valence-corrected chi connectivity index (χ0v) is 15.7. The highest BCUT2D eigenvalue weighted by Crippen LogP contribution is 2.29. The Morgan fingerprint density at radius 3 is 2.31 bits per heavy atom. The average Bonchev–Trinajstić information content (AvgIpc) is 3.08. The molecule has 0 aliphatic carbocycles. The smallest absolute Gasteiger partial charge is 0.303 e. The molecular formula is C20H23NO4S. The van der Waals surface area contributed by atoms with Crippen molar-refractivity contribution in [3.05, 3.63) is 57.8 Å². The molecule has 0 bridgehead atoms. The van der Waals surface area contributed by atoms with Crippen molar-refractivity contribution in [1.82, 2.24) is 0 Å². The van der Waals surface area contributed by atoms with Crippen LogP contribution in [0, 0.1) is 5.41 Å². The number of thiophene rings is 1. The van der Waals surface area contributed by atoms with Gasteiger partial charge in [0.05, 0.1) is 22.2 Å². The van der Waals surface area contributed by atoms with Crippen molar-refractivity contribution in [2.75, 3.05) is 0 Å². The number of carbonyl (C=O) groups excluding carboxylic acids is 2. The third-order valence-electron chi connectivity index (χ3n) is 4.34. The van der Waals surface area contributed by atoms with E-state index in [9.17, 15) is 14.4 Å². The summed E-state index contributed by atoms with van der Waals surface area (Å²) in [6.07, 6.45) is 0.814. The molecular weight excluding hydrogens is 350 g/mol. The topological polar surface area (TPSA) is 97.5 Å². The zero-order chi connectivity index (χ0) is 19.3. The summed E-state index contributed by atoms with van der Waals surface area (Å²) in [7, 11) is 0. The van der Waals surface area contributed by atoms with Gasteiger partial charge in [-0.25, -0.2) is 0 Å². The number of aliphatic carboxylic acids is 1. The first-order valence-electron chi connectivity index (χ1n) is 8.39. The van der Waals surface area contributed by atoms with E-state index in [1.165, 1.54) is 0 Å². The highest BCUT2D eigenvalue weighted by molar-refractivity contribution is 7.16. The second-order valence-electron chi connectivity index (χ2n) is 6.97. The van der Waals surface area contributed by atoms with Gasteiger partial charge in [-0.3, -0.25) is 14.4 Å². The largest absolute Gasteiger partial charge is 0.481 e. The quantitative estimate of drug-likeness (QED) is 0.655. The molecule has 0 aliphatic rings. The lowest BCUT2D eigenvalue weighted by Gasteiger charge is -2.28. The van der Waals surface area contributed by atoms with Crippen molar-refractivity contribution < 1.29 is 19.5 Å². The SMILES string of the molecule is CC(C)(CC(=O)O)[C@H](N)C(=O)c1ccc(C(=O)CCc2ccccc2)s1. The fourth-order valence-electron chi connectivity index (χ4n) is 2.65. The number of aryl methyl sites for hydroxylation is 1. The Balaban J connectivity index is 2.02. The molecule has 5 nitrogen and oxygen atoms in total. The fraction of sp³-hybridized carbons (Fsp3) is 0.350. The van der Waals surface area contributed by atoms with Gasteiger partial charge in [-0.05, 0) is 29.5 Å². The lowest BCUT2D eigenvalue weighted by atomic mass is 9.79. The molecule has 138 valence electrons. The summed E-state index contributed by atoms with van der Waals surface area (Å²) < 4.78 is 0. The van der Waals surface area contributed by atoms with Gasteiger partial charge in [-0.2, -0.15) is 0 Å². The normalized spacial score (nSPS) is 12.6. The Kier molecular flexibility index (Phi) is 6.45. The molecule has 0 saturated heterocycles. The Morgan fingerprint density at radius 2 is 1.69 bits per heavy atom. The molecule has 0 spiro atoms. The molecule has 1 atom stereocenters. The Hall–Kier alpha value is -2.31. The van der Waals surface area contributed by atoms with Gasteiger partial charge in [-0.1, -0.05) is 44.2 Å². The van der Waals surface area contributed by atoms with Crippen LogP contribution >= 0.6 is 11.3 Å². The number of carboxylic acids is 1. The standard InChI is InChI=1S/C20H23NO4S/c1-20(2,12-17(23)24)19(21)18(25)16-11-10-15(26-16)14(22)9-8-13-6-4-3-5-7-13/h3-7,10-11,19H,8-9,12,21H2,1-2H3,(H,23,24)/t19-/m1/s1. The molecule has 2 aromatic rings. The van der Waals surface area contributed by atoms with E-state index >= 15 is 0 Å². The van der Waals surface area contributed by atoms with Crippen molar-refractivity contribution in [1.29, 1.82) is 0 Å². The van der Waals surface area contributed by atoms with Crippen molar-refractivity contribution >= 4 is 28.9 Å². The van der Waals surface area contributed by atoms with E-state index < -0.39 is 17.4 Å². The van der Waals surface area contributed by atoms with Gasteiger partial charge >= 0.3 is 5.97 Å². The monoisotopic (exact) mass is 373 g/mol. The van der Waals surface area contributed by atoms with E-state index in [4.69, 9.17) is 10.8 Å². The van der Waals surface area contributed by atoms with Crippen LogP contribution in [0.2, 0.25) is 0 Å². The summed E-state index contributed by atoms with van der Waals surface area (Å²) in [4.78, 5) is 36.8. The van der Waals surface area contributed by atoms with Crippen LogP contribution in [0.5, 0.6) is 0 Å². The molecule has 0 amide bonds. The molecule has 0 saturated carbocycles. The summed E-state index contributed by atoms with van der Waals surface area (Å²) in [5, 5.41) is 8.97. The number of Topliss-reactive ketones (excluding diaryl/α,β-unsaturated/α-hetero) is 2. The maximum Gasteiger partial charge on any atom is 0.303 e. The number of rotatable bonds is 9. The van der Waals surface area contributed by atoms with Crippen LogP contribution in [0.4, 0.5) is 0 Å². The third kappa shape index (κ3) is 5.09. The average molecular weight is 373 g/mol. The Morgan fingerprint density at radius 1 is 1.08 bits per heavy atom. The summed E-state index contributed by atoms with van der Waals surface area (Å²) >= 11 is 1.12. The van der Waals surface area contributed by atoms with Gasteiger partial charge in [-0.15, -0.1) is 11.3 Å². The van der Waals surface area contributed by atoms with Gasteiger partial charge in [0.1, 0.15) is 0 Å². The van der Waals surface area contributed by atoms with Gasteiger partial charge in [0.2, 0.25) is 0 Å². The van der Waals surface area contributed by atoms with Crippen molar-refractivity contribution in [3.63, 3.8) is 0 Å². The lowest BCUT2D eigenvalue weighted by molar-refractivity contribution is -0.139. The molecule has 1 aromatic carbocycles. The maximum atomic E-state index is 12.6. The van der Waals surface area contributed by atoms with Crippen LogP contribution in [0.15, 0.2) is 42.5 Å². The summed E-state index contributed by atoms with van der Waals surface area (Å²) in [6.45, 7) is 3.31. The number of carboxylic acid groups (broad SMARTS) is 1. The second-order valence-corrected chi connectivity index (χ2v) is 8.06. The molecule has 0 radical (unpaired) electrons. The minimum Gasteiger partial charge on any atom is -0.481 e. The van der Waals surface area contributed by atoms with Crippen LogP contribution in [0.1, 0.15) is 51.6 Å². The van der Waals surface area contributed by atoms with E-state index in [2.05, 4.69) is 0 Å². The number of benzene rings is 1. The van der Waals surface area contributed by atoms with Gasteiger partial charge in [0.15, 0.2) is 11.6 Å². The van der Waals surface area contributed by atoms with E-state index in [1.807, 2.05) is 30.3 Å². The van der Waals surface area contributed by atoms with E-state index in [0.717, 1.165) is 16.9 Å². The number of carbonyl (C=O) groups is 3. The molecule has 3 N–H and O–H groups in total. The highest BCUT2D eigenvalue weighted by Gasteiger charge is 2.35. The van der Waals surface area contributed by atoms with Crippen LogP contribution in [-0.4, -0.2) is 28.7 Å². The molecule has 26 heavy (non-hydrogen) atoms. The van der Waals surface area contributed by atoms with Gasteiger partial charge in [0, 0.05) is 6.42 Å². The van der Waals surface area contributed by atoms with Crippen molar-refractivity contribution in [3.8, 4) is 0 Å². The summed E-state index contributed by atoms with van der Waals surface area (Å²) in [5.74, 6) is -1.35. The number of hydrogen-bond donors (Lipinski definition) is 2. The third-order valence-corrected chi connectivity index (χ3v) is 5.48. The first-order valence-corrected chi connectivity index (χ1v) is 9.21. The Bertz CT molecular complexity index is 795. The zero-order valence-electron chi connectivity index (χ0n) is 14.9. The van der Waals surface area contributed by atoms with Crippen LogP contribution in [0.25, 0.3) is 0 Å². The predicted octanol–water partition coefficient (Wildman–Crippen LogP) is 3.57. The van der Waals surface area contributed by atoms with Crippen LogP contribution in [0.3, 0.4) is 0 Å². The van der Waals surface area contributed by atoms with E-state index in [-0.39, 0.29) is 18.0 Å². The van der Waals surface area contributed by atoms with Crippen molar-refractivity contribution in [2.24, 2.45) is 11.1 Å². The molecule has 2 rings (SSSR count). The molecule has 1 heterocycles. The minimum atomic E-state index is -0.999. The number of ketones is 2. The predicted molar refractivity (Wildman–Crippen MR) is 102 cm³/mol. The summed E-state index contributed by atoms with van der Waals surface area (Å²) in [5.41, 5.74) is 6.22. The number of nitrogens with two attached hydrogens (primary N) is 1. The molecule has 0 aliphatic heterocycles. The minimum absolute atomic E-state index is 0.0173. The van der Waals surface area contributed by atoms with E-state index in [0.29, 0.717) is 22.6 Å². The van der Waals surface area contributed by atoms with E-state index in [1.54, 1.807) is 26.0 Å². The molecule has 6 heteroatoms. The van der Waals surface area contributed by atoms with Crippen LogP contribution < -0.4 is 5.73 Å². The number of hydrogen-bond acceptors (Lipinski definition) is 5. The van der Waals surface area contributed by atoms with Crippen molar-refractivity contribution in [2.45, 2.75) is 39.2 Å². The lowest BCUT2D eigenvalue weighted by Crippen LogP contribution is -2.44. The fourth-order valence-corrected chi connectivity index (χ4v) is 3.61. The maximum absolute atomic E-state index is 12.6. The van der Waals surface area contributed by atoms with Crippen LogP contribution in [-0.2, 0) is 11.2 Å².